The summed E-state index contributed by atoms with van der Waals surface area (Å²) in [6, 6.07) is 2.34. The maximum atomic E-state index is 11.4. The Morgan fingerprint density at radius 3 is 2.13 bits per heavy atom. The highest BCUT2D eigenvalue weighted by molar-refractivity contribution is 5.81. The van der Waals surface area contributed by atoms with Gasteiger partial charge in [-0.1, -0.05) is 18.2 Å². The minimum Gasteiger partial charge on any atom is -0.481 e. The maximum absolute atomic E-state index is 11.4. The summed E-state index contributed by atoms with van der Waals surface area (Å²) in [5.41, 5.74) is -0.346. The van der Waals surface area contributed by atoms with Crippen molar-refractivity contribution in [2.75, 3.05) is 5.23 Å². The van der Waals surface area contributed by atoms with E-state index in [1.807, 2.05) is 0 Å². The third-order valence-corrected chi connectivity index (χ3v) is 3.02. The van der Waals surface area contributed by atoms with Crippen LogP contribution in [0.5, 0.6) is 0 Å². The number of anilines is 1. The number of hydrogen-bond donors (Lipinski definition) is 6. The zero-order chi connectivity index (χ0) is 17.6. The lowest BCUT2D eigenvalue weighted by Crippen LogP contribution is -2.42. The molecule has 10 nitrogen and oxygen atoms in total. The van der Waals surface area contributed by atoms with Crippen molar-refractivity contribution in [1.29, 1.82) is 0 Å². The number of nitrogens with one attached hydrogen (secondary N) is 1. The third-order valence-electron chi connectivity index (χ3n) is 3.02. The Hall–Kier alpha value is -2.69. The van der Waals surface area contributed by atoms with Gasteiger partial charge in [-0.3, -0.25) is 30.1 Å². The van der Waals surface area contributed by atoms with Gasteiger partial charge in [0.1, 0.15) is 12.1 Å². The summed E-state index contributed by atoms with van der Waals surface area (Å²) in [4.78, 5) is 33.1. The first-order valence-corrected chi connectivity index (χ1v) is 6.44. The van der Waals surface area contributed by atoms with Gasteiger partial charge in [-0.15, -0.1) is 5.23 Å². The number of carboxylic acids is 3. The van der Waals surface area contributed by atoms with Crippen LogP contribution in [-0.4, -0.2) is 49.7 Å². The monoisotopic (exact) mass is 328 g/mol. The van der Waals surface area contributed by atoms with E-state index in [9.17, 15) is 19.5 Å². The fraction of sp³-hybridized carbons (Fsp3) is 0.308. The quantitative estimate of drug-likeness (QED) is 0.347. The summed E-state index contributed by atoms with van der Waals surface area (Å²) in [6.07, 6.45) is -0.803. The summed E-state index contributed by atoms with van der Waals surface area (Å²) in [7, 11) is 0. The summed E-state index contributed by atoms with van der Waals surface area (Å²) in [5, 5.41) is 47.3. The minimum absolute atomic E-state index is 0.0911. The molecule has 6 N–H and O–H groups in total. The molecule has 0 saturated heterocycles. The first-order valence-electron chi connectivity index (χ1n) is 6.44. The number of carbonyl (C=O) groups is 3. The van der Waals surface area contributed by atoms with Crippen LogP contribution in [0.2, 0.25) is 0 Å². The largest absolute Gasteiger partial charge is 0.481 e. The summed E-state index contributed by atoms with van der Waals surface area (Å²) >= 11 is 0. The first kappa shape index (κ1) is 18.4. The molecular weight excluding hydrogens is 312 g/mol. The van der Waals surface area contributed by atoms with E-state index in [2.05, 4.69) is 5.32 Å². The van der Waals surface area contributed by atoms with E-state index in [0.717, 1.165) is 0 Å². The normalized spacial score (nSPS) is 13.1. The molecule has 0 spiro atoms. The summed E-state index contributed by atoms with van der Waals surface area (Å²) in [5.74, 6) is -4.09. The number of benzene rings is 1. The van der Waals surface area contributed by atoms with Gasteiger partial charge < -0.3 is 15.3 Å². The van der Waals surface area contributed by atoms with Gasteiger partial charge in [-0.05, 0) is 12.5 Å². The van der Waals surface area contributed by atoms with Crippen LogP contribution < -0.4 is 10.5 Å². The average Bonchev–Trinajstić information content (AvgIpc) is 2.46. The zero-order valence-electron chi connectivity index (χ0n) is 11.8. The van der Waals surface area contributed by atoms with E-state index >= 15 is 0 Å². The van der Waals surface area contributed by atoms with Crippen LogP contribution in [0.4, 0.5) is 5.69 Å². The molecule has 0 aliphatic carbocycles. The number of aliphatic carboxylic acids is 3. The second kappa shape index (κ2) is 8.08. The van der Waals surface area contributed by atoms with Gasteiger partial charge in [0, 0.05) is 12.0 Å². The van der Waals surface area contributed by atoms with Crippen molar-refractivity contribution in [3.63, 3.8) is 0 Å². The molecule has 1 unspecified atom stereocenters. The number of carboxylic acid groups (broad SMARTS) is 3. The zero-order valence-corrected chi connectivity index (χ0v) is 11.8. The Balaban J connectivity index is 3.09. The third kappa shape index (κ3) is 5.21. The van der Waals surface area contributed by atoms with Crippen LogP contribution in [0, 0.1) is 0 Å². The Morgan fingerprint density at radius 1 is 1.04 bits per heavy atom. The molecule has 0 aliphatic heterocycles. The molecule has 23 heavy (non-hydrogen) atoms. The van der Waals surface area contributed by atoms with Gasteiger partial charge in [0.05, 0.1) is 5.69 Å². The van der Waals surface area contributed by atoms with E-state index in [0.29, 0.717) is 0 Å². The number of para-hydroxylation sites is 1. The molecule has 0 heterocycles. The molecule has 126 valence electrons. The van der Waals surface area contributed by atoms with Crippen molar-refractivity contribution in [2.45, 2.75) is 24.9 Å². The standard InChI is InChI=1S/C13H16N2O8/c16-10(17)6-5-8(12(18)19)14-11(13(20)21)7-3-1-2-4-9(7)15(22)23/h1-4,8,11,14,22-23H,5-6H2,(H,16,17)(H,18,19)(H,20,21)/t8-,11?/m0/s1. The Labute approximate surface area is 130 Å². The van der Waals surface area contributed by atoms with E-state index in [1.165, 1.54) is 24.3 Å². The molecule has 0 bridgehead atoms. The highest BCUT2D eigenvalue weighted by Crippen LogP contribution is 2.25. The average molecular weight is 328 g/mol. The molecule has 2 atom stereocenters. The molecule has 0 radical (unpaired) electrons. The molecule has 10 heteroatoms. The fourth-order valence-electron chi connectivity index (χ4n) is 1.95. The van der Waals surface area contributed by atoms with Gasteiger partial charge in [-0.2, -0.15) is 0 Å². The van der Waals surface area contributed by atoms with Crippen molar-refractivity contribution in [3.8, 4) is 0 Å². The smallest absolute Gasteiger partial charge is 0.325 e. The predicted molar refractivity (Wildman–Crippen MR) is 74.3 cm³/mol. The van der Waals surface area contributed by atoms with Crippen molar-refractivity contribution >= 4 is 23.6 Å². The van der Waals surface area contributed by atoms with Crippen LogP contribution >= 0.6 is 0 Å². The molecule has 1 rings (SSSR count). The number of nitrogens with zero attached hydrogens (tertiary/aromatic N) is 1. The predicted octanol–water partition coefficient (Wildman–Crippen LogP) is 0.305. The van der Waals surface area contributed by atoms with Crippen LogP contribution in [0.3, 0.4) is 0 Å². The van der Waals surface area contributed by atoms with Gasteiger partial charge in [0.2, 0.25) is 0 Å². The second-order valence-electron chi connectivity index (χ2n) is 4.61. The van der Waals surface area contributed by atoms with Crippen molar-refractivity contribution in [3.05, 3.63) is 29.8 Å². The van der Waals surface area contributed by atoms with Crippen LogP contribution in [-0.2, 0) is 14.4 Å². The van der Waals surface area contributed by atoms with Crippen LogP contribution in [0.15, 0.2) is 24.3 Å². The Morgan fingerprint density at radius 2 is 1.65 bits per heavy atom. The number of rotatable bonds is 9. The van der Waals surface area contributed by atoms with E-state index in [1.54, 1.807) is 0 Å². The Bertz CT molecular complexity index is 589. The van der Waals surface area contributed by atoms with Gasteiger partial charge >= 0.3 is 17.9 Å². The van der Waals surface area contributed by atoms with Crippen molar-refractivity contribution in [2.24, 2.45) is 0 Å². The van der Waals surface area contributed by atoms with Gasteiger partial charge in [-0.25, -0.2) is 0 Å². The SMILES string of the molecule is O=C(O)CC[C@H](NC(C(=O)O)c1ccccc1N(O)O)C(=O)O. The van der Waals surface area contributed by atoms with E-state index in [4.69, 9.17) is 20.6 Å². The second-order valence-corrected chi connectivity index (χ2v) is 4.61. The van der Waals surface area contributed by atoms with Crippen molar-refractivity contribution < 1.29 is 40.1 Å². The van der Waals surface area contributed by atoms with Gasteiger partial charge in [0.25, 0.3) is 0 Å². The van der Waals surface area contributed by atoms with E-state index < -0.39 is 36.4 Å². The lowest BCUT2D eigenvalue weighted by molar-refractivity contribution is -0.143. The molecular formula is C13H16N2O8. The molecule has 0 fully saturated rings. The molecule has 0 amide bonds. The summed E-state index contributed by atoms with van der Waals surface area (Å²) in [6.45, 7) is 0. The van der Waals surface area contributed by atoms with Crippen molar-refractivity contribution in [1.82, 2.24) is 5.32 Å². The molecule has 1 aromatic carbocycles. The lowest BCUT2D eigenvalue weighted by Gasteiger charge is -2.23. The molecule has 0 aliphatic rings. The topological polar surface area (TPSA) is 168 Å². The first-order chi connectivity index (χ1) is 10.7. The molecule has 0 aromatic heterocycles. The van der Waals surface area contributed by atoms with Crippen LogP contribution in [0.25, 0.3) is 0 Å². The highest BCUT2D eigenvalue weighted by Gasteiger charge is 2.30. The fourth-order valence-corrected chi connectivity index (χ4v) is 1.95. The Kier molecular flexibility index (Phi) is 6.45. The van der Waals surface area contributed by atoms with Gasteiger partial charge in [0.15, 0.2) is 0 Å². The molecule has 0 saturated carbocycles. The maximum Gasteiger partial charge on any atom is 0.325 e. The van der Waals surface area contributed by atoms with E-state index in [-0.39, 0.29) is 22.9 Å². The highest BCUT2D eigenvalue weighted by atomic mass is 16.8. The number of hydrogen-bond acceptors (Lipinski definition) is 7. The minimum atomic E-state index is -1.58. The van der Waals surface area contributed by atoms with Crippen LogP contribution in [0.1, 0.15) is 24.4 Å². The molecule has 1 aromatic rings. The lowest BCUT2D eigenvalue weighted by atomic mass is 10.0. The summed E-state index contributed by atoms with van der Waals surface area (Å²) < 4.78 is 0.